The number of aryl methyl sites for hydroxylation is 1. The van der Waals surface area contributed by atoms with E-state index in [1.54, 1.807) is 34.1 Å². The monoisotopic (exact) mass is 445 g/mol. The molecule has 0 aliphatic carbocycles. The maximum absolute atomic E-state index is 12.7. The molecule has 2 N–H and O–H groups in total. The van der Waals surface area contributed by atoms with E-state index in [4.69, 9.17) is 0 Å². The first-order chi connectivity index (χ1) is 16.0. The van der Waals surface area contributed by atoms with Gasteiger partial charge in [0.15, 0.2) is 0 Å². The van der Waals surface area contributed by atoms with E-state index in [1.165, 1.54) is 5.56 Å². The Morgan fingerprint density at radius 3 is 2.64 bits per heavy atom. The second-order valence-electron chi connectivity index (χ2n) is 8.10. The van der Waals surface area contributed by atoms with Gasteiger partial charge in [-0.2, -0.15) is 5.10 Å². The van der Waals surface area contributed by atoms with Crippen molar-refractivity contribution in [2.45, 2.75) is 32.9 Å². The molecule has 0 bridgehead atoms. The van der Waals surface area contributed by atoms with Crippen molar-refractivity contribution in [1.29, 1.82) is 0 Å². The quantitative estimate of drug-likeness (QED) is 0.557. The Bertz CT molecular complexity index is 1130. The average molecular weight is 446 g/mol. The Hall–Kier alpha value is -3.94. The summed E-state index contributed by atoms with van der Waals surface area (Å²) in [6.45, 7) is 2.90. The van der Waals surface area contributed by atoms with E-state index in [-0.39, 0.29) is 36.6 Å². The Kier molecular flexibility index (Phi) is 6.83. The van der Waals surface area contributed by atoms with Crippen LogP contribution in [0.2, 0.25) is 0 Å². The molecule has 1 aliphatic rings. The van der Waals surface area contributed by atoms with Gasteiger partial charge in [0.25, 0.3) is 0 Å². The fourth-order valence-corrected chi connectivity index (χ4v) is 3.88. The minimum atomic E-state index is -0.389. The van der Waals surface area contributed by atoms with Gasteiger partial charge in [0.2, 0.25) is 17.7 Å². The van der Waals surface area contributed by atoms with Gasteiger partial charge in [0, 0.05) is 43.3 Å². The first kappa shape index (κ1) is 22.3. The summed E-state index contributed by atoms with van der Waals surface area (Å²) in [5, 5.41) is 9.78. The van der Waals surface area contributed by atoms with Gasteiger partial charge in [0.1, 0.15) is 6.54 Å². The van der Waals surface area contributed by atoms with Crippen molar-refractivity contribution in [3.63, 3.8) is 0 Å². The van der Waals surface area contributed by atoms with Crippen molar-refractivity contribution in [1.82, 2.24) is 15.1 Å². The van der Waals surface area contributed by atoms with Crippen LogP contribution in [0.25, 0.3) is 0 Å². The van der Waals surface area contributed by atoms with Crippen LogP contribution in [-0.4, -0.2) is 34.0 Å². The number of hydrogen-bond acceptors (Lipinski definition) is 4. The Labute approximate surface area is 192 Å². The molecule has 33 heavy (non-hydrogen) atoms. The number of anilines is 2. The van der Waals surface area contributed by atoms with E-state index in [0.29, 0.717) is 18.8 Å². The van der Waals surface area contributed by atoms with Crippen LogP contribution >= 0.6 is 0 Å². The van der Waals surface area contributed by atoms with Crippen LogP contribution < -0.4 is 15.5 Å². The first-order valence-electron chi connectivity index (χ1n) is 11.0. The fraction of sp³-hybridized carbons (Fsp3) is 0.280. The van der Waals surface area contributed by atoms with Crippen molar-refractivity contribution in [3.05, 3.63) is 78.1 Å². The van der Waals surface area contributed by atoms with Crippen LogP contribution in [0.15, 0.2) is 67.0 Å². The number of carbonyl (C=O) groups excluding carboxylic acids is 3. The fourth-order valence-electron chi connectivity index (χ4n) is 3.88. The molecule has 1 atom stereocenters. The summed E-state index contributed by atoms with van der Waals surface area (Å²) < 4.78 is 1.55. The summed E-state index contributed by atoms with van der Waals surface area (Å²) in [4.78, 5) is 39.0. The summed E-state index contributed by atoms with van der Waals surface area (Å²) in [6.07, 6.45) is 4.48. The number of nitrogens with one attached hydrogen (secondary N) is 2. The molecule has 8 heteroatoms. The average Bonchev–Trinajstić information content (AvgIpc) is 3.47. The third-order valence-electron chi connectivity index (χ3n) is 5.69. The van der Waals surface area contributed by atoms with Gasteiger partial charge in [-0.1, -0.05) is 31.2 Å². The molecule has 3 amide bonds. The zero-order valence-electron chi connectivity index (χ0n) is 18.5. The van der Waals surface area contributed by atoms with Gasteiger partial charge in [0.05, 0.1) is 5.92 Å². The highest BCUT2D eigenvalue weighted by atomic mass is 16.2. The number of rotatable bonds is 8. The van der Waals surface area contributed by atoms with Crippen molar-refractivity contribution in [2.24, 2.45) is 5.92 Å². The standard InChI is InChI=1S/C25H27N5O3/c1-2-18-7-9-22(10-8-18)30-16-20(14-24(30)32)25(33)26-15-19-5-3-6-21(13-19)28-23(31)17-29-12-4-11-27-29/h3-13,20H,2,14-17H2,1H3,(H,26,33)(H,28,31). The zero-order chi connectivity index (χ0) is 23.2. The Morgan fingerprint density at radius 1 is 1.09 bits per heavy atom. The van der Waals surface area contributed by atoms with E-state index in [0.717, 1.165) is 17.7 Å². The lowest BCUT2D eigenvalue weighted by atomic mass is 10.1. The number of carbonyl (C=O) groups is 3. The van der Waals surface area contributed by atoms with Gasteiger partial charge in [-0.05, 0) is 47.9 Å². The highest BCUT2D eigenvalue weighted by Crippen LogP contribution is 2.25. The zero-order valence-corrected chi connectivity index (χ0v) is 18.5. The van der Waals surface area contributed by atoms with E-state index in [2.05, 4.69) is 22.7 Å². The normalized spacial score (nSPS) is 15.5. The van der Waals surface area contributed by atoms with Crippen LogP contribution in [-0.2, 0) is 33.9 Å². The van der Waals surface area contributed by atoms with Crippen LogP contribution in [0.1, 0.15) is 24.5 Å². The molecule has 3 aromatic rings. The van der Waals surface area contributed by atoms with E-state index < -0.39 is 0 Å². The molecule has 1 fully saturated rings. The topological polar surface area (TPSA) is 96.3 Å². The first-order valence-corrected chi connectivity index (χ1v) is 11.0. The molecular formula is C25H27N5O3. The Morgan fingerprint density at radius 2 is 1.91 bits per heavy atom. The molecule has 0 radical (unpaired) electrons. The third kappa shape index (κ3) is 5.65. The maximum Gasteiger partial charge on any atom is 0.246 e. The van der Waals surface area contributed by atoms with Gasteiger partial charge < -0.3 is 15.5 Å². The predicted molar refractivity (Wildman–Crippen MR) is 125 cm³/mol. The van der Waals surface area contributed by atoms with Crippen LogP contribution in [0.5, 0.6) is 0 Å². The summed E-state index contributed by atoms with van der Waals surface area (Å²) in [5.74, 6) is -0.762. The summed E-state index contributed by atoms with van der Waals surface area (Å²) in [6, 6.07) is 17.0. The van der Waals surface area contributed by atoms with E-state index in [9.17, 15) is 14.4 Å². The number of amides is 3. The Balaban J connectivity index is 1.30. The highest BCUT2D eigenvalue weighted by Gasteiger charge is 2.34. The summed E-state index contributed by atoms with van der Waals surface area (Å²) in [5.41, 5.74) is 3.54. The minimum Gasteiger partial charge on any atom is -0.352 e. The van der Waals surface area contributed by atoms with Gasteiger partial charge in [-0.15, -0.1) is 0 Å². The van der Waals surface area contributed by atoms with Crippen LogP contribution in [0, 0.1) is 5.92 Å². The van der Waals surface area contributed by atoms with Gasteiger partial charge in [-0.3, -0.25) is 19.1 Å². The molecule has 1 unspecified atom stereocenters. The van der Waals surface area contributed by atoms with Crippen molar-refractivity contribution in [3.8, 4) is 0 Å². The molecule has 1 aromatic heterocycles. The lowest BCUT2D eigenvalue weighted by Crippen LogP contribution is -2.32. The number of benzene rings is 2. The smallest absolute Gasteiger partial charge is 0.246 e. The molecule has 170 valence electrons. The molecule has 0 saturated carbocycles. The largest absolute Gasteiger partial charge is 0.352 e. The van der Waals surface area contributed by atoms with E-state index >= 15 is 0 Å². The SMILES string of the molecule is CCc1ccc(N2CC(C(=O)NCc3cccc(NC(=O)Cn4cccn4)c3)CC2=O)cc1. The van der Waals surface area contributed by atoms with Crippen molar-refractivity contribution < 1.29 is 14.4 Å². The molecular weight excluding hydrogens is 418 g/mol. The summed E-state index contributed by atoms with van der Waals surface area (Å²) in [7, 11) is 0. The lowest BCUT2D eigenvalue weighted by Gasteiger charge is -2.17. The molecule has 1 aliphatic heterocycles. The molecule has 0 spiro atoms. The number of nitrogens with zero attached hydrogens (tertiary/aromatic N) is 3. The molecule has 2 aromatic carbocycles. The summed E-state index contributed by atoms with van der Waals surface area (Å²) >= 11 is 0. The highest BCUT2D eigenvalue weighted by molar-refractivity contribution is 6.00. The number of hydrogen-bond donors (Lipinski definition) is 2. The molecule has 2 heterocycles. The predicted octanol–water partition coefficient (Wildman–Crippen LogP) is 2.75. The second-order valence-corrected chi connectivity index (χ2v) is 8.10. The maximum atomic E-state index is 12.7. The van der Waals surface area contributed by atoms with E-state index in [1.807, 2.05) is 42.5 Å². The molecule has 8 nitrogen and oxygen atoms in total. The van der Waals surface area contributed by atoms with Crippen LogP contribution in [0.3, 0.4) is 0 Å². The molecule has 4 rings (SSSR count). The van der Waals surface area contributed by atoms with Crippen molar-refractivity contribution >= 4 is 29.1 Å². The minimum absolute atomic E-state index is 0.0405. The number of aromatic nitrogens is 2. The van der Waals surface area contributed by atoms with Gasteiger partial charge in [-0.25, -0.2) is 0 Å². The second kappa shape index (κ2) is 10.1. The lowest BCUT2D eigenvalue weighted by molar-refractivity contribution is -0.126. The van der Waals surface area contributed by atoms with Gasteiger partial charge >= 0.3 is 0 Å². The van der Waals surface area contributed by atoms with Crippen molar-refractivity contribution in [2.75, 3.05) is 16.8 Å². The van der Waals surface area contributed by atoms with Crippen LogP contribution in [0.4, 0.5) is 11.4 Å². The third-order valence-corrected chi connectivity index (χ3v) is 5.69. The molecule has 1 saturated heterocycles.